The van der Waals surface area contributed by atoms with Crippen molar-refractivity contribution in [1.82, 2.24) is 14.5 Å². The van der Waals surface area contributed by atoms with Gasteiger partial charge in [0, 0.05) is 19.4 Å². The fourth-order valence-electron chi connectivity index (χ4n) is 1.73. The van der Waals surface area contributed by atoms with Gasteiger partial charge in [-0.1, -0.05) is 0 Å². The van der Waals surface area contributed by atoms with Gasteiger partial charge in [0.2, 0.25) is 5.78 Å². The predicted octanol–water partition coefficient (Wildman–Crippen LogP) is 1.95. The summed E-state index contributed by atoms with van der Waals surface area (Å²) in [6.45, 7) is 3.62. The molecule has 0 amide bonds. The number of Topliss-reactive ketones (excluding diaryl/α,β-unsaturated/α-hetero) is 2. The monoisotopic (exact) mass is 263 g/mol. The molecule has 18 heavy (non-hydrogen) atoms. The molecule has 0 spiro atoms. The lowest BCUT2D eigenvalue weighted by atomic mass is 10.1. The van der Waals surface area contributed by atoms with Gasteiger partial charge in [0.1, 0.15) is 0 Å². The van der Waals surface area contributed by atoms with Crippen LogP contribution in [0.2, 0.25) is 0 Å². The number of thiazole rings is 1. The van der Waals surface area contributed by atoms with E-state index in [2.05, 4.69) is 9.97 Å². The second-order valence-corrected chi connectivity index (χ2v) is 5.24. The SMILES string of the molecule is Cc1nc(C)c(C(=O)CC(=O)c2nccn2C)s1. The molecule has 2 heterocycles. The summed E-state index contributed by atoms with van der Waals surface area (Å²) in [6, 6.07) is 0. The molecule has 0 fully saturated rings. The number of nitrogens with zero attached hydrogens (tertiary/aromatic N) is 3. The summed E-state index contributed by atoms with van der Waals surface area (Å²) in [5, 5.41) is 0.834. The van der Waals surface area contributed by atoms with Crippen LogP contribution >= 0.6 is 11.3 Å². The number of carbonyl (C=O) groups excluding carboxylic acids is 2. The van der Waals surface area contributed by atoms with E-state index in [9.17, 15) is 9.59 Å². The highest BCUT2D eigenvalue weighted by Gasteiger charge is 2.20. The topological polar surface area (TPSA) is 64.8 Å². The van der Waals surface area contributed by atoms with Gasteiger partial charge in [-0.25, -0.2) is 9.97 Å². The molecule has 94 valence electrons. The third kappa shape index (κ3) is 2.38. The van der Waals surface area contributed by atoms with Crippen LogP contribution in [-0.2, 0) is 7.05 Å². The van der Waals surface area contributed by atoms with E-state index in [0.29, 0.717) is 16.4 Å². The minimum absolute atomic E-state index is 0.159. The summed E-state index contributed by atoms with van der Waals surface area (Å²) in [7, 11) is 1.73. The number of hydrogen-bond donors (Lipinski definition) is 0. The second-order valence-electron chi connectivity index (χ2n) is 4.03. The Kier molecular flexibility index (Phi) is 3.38. The van der Waals surface area contributed by atoms with Crippen LogP contribution in [-0.4, -0.2) is 26.1 Å². The third-order valence-corrected chi connectivity index (χ3v) is 3.66. The normalized spacial score (nSPS) is 10.6. The van der Waals surface area contributed by atoms with Crippen molar-refractivity contribution >= 4 is 22.9 Å². The highest BCUT2D eigenvalue weighted by Crippen LogP contribution is 2.19. The molecule has 0 aliphatic rings. The van der Waals surface area contributed by atoms with Crippen molar-refractivity contribution < 1.29 is 9.59 Å². The Bertz CT molecular complexity index is 613. The van der Waals surface area contributed by atoms with Crippen molar-refractivity contribution in [3.63, 3.8) is 0 Å². The quantitative estimate of drug-likeness (QED) is 0.624. The molecule has 2 aromatic rings. The molecule has 2 rings (SSSR count). The van der Waals surface area contributed by atoms with Gasteiger partial charge in [0.15, 0.2) is 11.6 Å². The highest BCUT2D eigenvalue weighted by atomic mass is 32.1. The highest BCUT2D eigenvalue weighted by molar-refractivity contribution is 7.13. The van der Waals surface area contributed by atoms with Gasteiger partial charge in [-0.3, -0.25) is 9.59 Å². The Morgan fingerprint density at radius 3 is 2.56 bits per heavy atom. The van der Waals surface area contributed by atoms with E-state index in [0.717, 1.165) is 5.01 Å². The van der Waals surface area contributed by atoms with E-state index >= 15 is 0 Å². The van der Waals surface area contributed by atoms with E-state index in [4.69, 9.17) is 0 Å². The maximum absolute atomic E-state index is 12.0. The molecule has 6 heteroatoms. The zero-order valence-corrected chi connectivity index (χ0v) is 11.2. The number of imidazole rings is 1. The van der Waals surface area contributed by atoms with Crippen molar-refractivity contribution in [3.05, 3.63) is 33.8 Å². The summed E-state index contributed by atoms with van der Waals surface area (Å²) in [6.07, 6.45) is 3.06. The molecule has 0 bridgehead atoms. The van der Waals surface area contributed by atoms with Crippen molar-refractivity contribution in [2.24, 2.45) is 7.05 Å². The zero-order chi connectivity index (χ0) is 13.3. The molecule has 5 nitrogen and oxygen atoms in total. The molecule has 0 saturated heterocycles. The Labute approximate surface area is 108 Å². The maximum Gasteiger partial charge on any atom is 0.206 e. The number of aryl methyl sites for hydroxylation is 3. The van der Waals surface area contributed by atoms with Crippen molar-refractivity contribution in [2.75, 3.05) is 0 Å². The number of rotatable bonds is 4. The van der Waals surface area contributed by atoms with Crippen LogP contribution in [0.4, 0.5) is 0 Å². The Hall–Kier alpha value is -1.82. The Morgan fingerprint density at radius 2 is 2.06 bits per heavy atom. The molecule has 0 radical (unpaired) electrons. The van der Waals surface area contributed by atoms with Crippen LogP contribution in [0.15, 0.2) is 12.4 Å². The van der Waals surface area contributed by atoms with Crippen molar-refractivity contribution in [1.29, 1.82) is 0 Å². The average Bonchev–Trinajstić information content (AvgIpc) is 2.84. The lowest BCUT2D eigenvalue weighted by Gasteiger charge is -2.00. The van der Waals surface area contributed by atoms with Gasteiger partial charge in [-0.2, -0.15) is 0 Å². The lowest BCUT2D eigenvalue weighted by Crippen LogP contribution is -2.12. The molecule has 0 aliphatic heterocycles. The fraction of sp³-hybridized carbons (Fsp3) is 0.333. The van der Waals surface area contributed by atoms with Gasteiger partial charge < -0.3 is 4.57 Å². The standard InChI is InChI=1S/C12H13N3O2S/c1-7-11(18-8(2)14-7)9(16)6-10(17)12-13-4-5-15(12)3/h4-5H,6H2,1-3H3. The first-order chi connectivity index (χ1) is 8.49. The number of aromatic nitrogens is 3. The van der Waals surface area contributed by atoms with E-state index in [-0.39, 0.29) is 18.0 Å². The molecule has 0 N–H and O–H groups in total. The predicted molar refractivity (Wildman–Crippen MR) is 68.1 cm³/mol. The molecule has 0 atom stereocenters. The van der Waals surface area contributed by atoms with Crippen LogP contribution in [0.1, 0.15) is 37.4 Å². The van der Waals surface area contributed by atoms with Crippen LogP contribution in [0.5, 0.6) is 0 Å². The summed E-state index contributed by atoms with van der Waals surface area (Å²) < 4.78 is 1.61. The van der Waals surface area contributed by atoms with Crippen LogP contribution in [0, 0.1) is 13.8 Å². The molecule has 0 aliphatic carbocycles. The first-order valence-electron chi connectivity index (χ1n) is 5.46. The van der Waals surface area contributed by atoms with Crippen LogP contribution in [0.25, 0.3) is 0 Å². The molecular weight excluding hydrogens is 250 g/mol. The Balaban J connectivity index is 2.16. The first kappa shape index (κ1) is 12.6. The van der Waals surface area contributed by atoms with Crippen molar-refractivity contribution in [3.8, 4) is 0 Å². The molecule has 2 aromatic heterocycles. The van der Waals surface area contributed by atoms with E-state index in [1.165, 1.54) is 11.3 Å². The largest absolute Gasteiger partial charge is 0.332 e. The number of carbonyl (C=O) groups is 2. The van der Waals surface area contributed by atoms with Crippen LogP contribution in [0.3, 0.4) is 0 Å². The minimum atomic E-state index is -0.266. The molecule has 0 aromatic carbocycles. The lowest BCUT2D eigenvalue weighted by molar-refractivity contribution is 0.0888. The van der Waals surface area contributed by atoms with Gasteiger partial charge in [-0.15, -0.1) is 11.3 Å². The number of hydrogen-bond acceptors (Lipinski definition) is 5. The molecule has 0 saturated carbocycles. The fourth-order valence-corrected chi connectivity index (χ4v) is 2.59. The minimum Gasteiger partial charge on any atom is -0.332 e. The van der Waals surface area contributed by atoms with E-state index in [1.54, 1.807) is 30.9 Å². The molecular formula is C12H13N3O2S. The summed E-state index contributed by atoms with van der Waals surface area (Å²) >= 11 is 1.33. The van der Waals surface area contributed by atoms with Gasteiger partial charge >= 0.3 is 0 Å². The Morgan fingerprint density at radius 1 is 1.33 bits per heavy atom. The smallest absolute Gasteiger partial charge is 0.206 e. The van der Waals surface area contributed by atoms with Gasteiger partial charge in [-0.05, 0) is 13.8 Å². The third-order valence-electron chi connectivity index (χ3n) is 2.55. The van der Waals surface area contributed by atoms with Gasteiger partial charge in [0.25, 0.3) is 0 Å². The zero-order valence-electron chi connectivity index (χ0n) is 10.4. The second kappa shape index (κ2) is 4.81. The maximum atomic E-state index is 12.0. The first-order valence-corrected chi connectivity index (χ1v) is 6.28. The van der Waals surface area contributed by atoms with E-state index in [1.807, 2.05) is 6.92 Å². The average molecular weight is 263 g/mol. The van der Waals surface area contributed by atoms with E-state index < -0.39 is 0 Å². The summed E-state index contributed by atoms with van der Waals surface area (Å²) in [5.74, 6) is -0.147. The van der Waals surface area contributed by atoms with Crippen LogP contribution < -0.4 is 0 Å². The summed E-state index contributed by atoms with van der Waals surface area (Å²) in [5.41, 5.74) is 0.690. The summed E-state index contributed by atoms with van der Waals surface area (Å²) in [4.78, 5) is 32.6. The molecule has 0 unspecified atom stereocenters. The van der Waals surface area contributed by atoms with Gasteiger partial charge in [0.05, 0.1) is 22.0 Å². The van der Waals surface area contributed by atoms with Crippen molar-refractivity contribution in [2.45, 2.75) is 20.3 Å². The number of ketones is 2.